The van der Waals surface area contributed by atoms with Crippen LogP contribution in [0.15, 0.2) is 12.3 Å². The molecule has 0 bridgehead atoms. The van der Waals surface area contributed by atoms with Crippen molar-refractivity contribution in [1.29, 1.82) is 0 Å². The Labute approximate surface area is 102 Å². The molecule has 0 spiro atoms. The molecule has 1 atom stereocenters. The molecular formula is C12H21N5. The molecule has 2 fully saturated rings. The summed E-state index contributed by atoms with van der Waals surface area (Å²) in [6, 6.07) is 2.61. The minimum absolute atomic E-state index is 0.535. The normalized spacial score (nSPS) is 22.9. The molecule has 0 aliphatic carbocycles. The number of nitrogens with zero attached hydrogens (tertiary/aromatic N) is 2. The lowest BCUT2D eigenvalue weighted by molar-refractivity contribution is 0.257. The Morgan fingerprint density at radius 3 is 2.76 bits per heavy atom. The van der Waals surface area contributed by atoms with Crippen LogP contribution in [0.25, 0.3) is 0 Å². The van der Waals surface area contributed by atoms with E-state index in [2.05, 4.69) is 38.7 Å². The lowest BCUT2D eigenvalue weighted by atomic mass is 9.89. The van der Waals surface area contributed by atoms with Gasteiger partial charge in [0.1, 0.15) is 5.82 Å². The molecule has 0 aromatic carbocycles. The van der Waals surface area contributed by atoms with E-state index in [1.807, 2.05) is 6.20 Å². The summed E-state index contributed by atoms with van der Waals surface area (Å²) < 4.78 is 2.11. The molecule has 3 heterocycles. The first-order valence-electron chi connectivity index (χ1n) is 6.53. The molecule has 1 aromatic heterocycles. The van der Waals surface area contributed by atoms with E-state index < -0.39 is 0 Å². The van der Waals surface area contributed by atoms with Crippen LogP contribution in [-0.4, -0.2) is 42.5 Å². The molecule has 3 rings (SSSR count). The molecule has 0 saturated carbocycles. The maximum absolute atomic E-state index is 4.40. The van der Waals surface area contributed by atoms with Gasteiger partial charge in [-0.25, -0.2) is 4.68 Å². The smallest absolute Gasteiger partial charge is 0.124 e. The SMILES string of the molecule is CC(CNc1ccnn1C1CNC1)C1CNC1. The standard InChI is InChI=1S/C12H21N5/c1-9(10-5-13-6-10)4-15-12-2-3-16-17(12)11-7-14-8-11/h2-3,9-11,13-15H,4-8H2,1H3. The summed E-state index contributed by atoms with van der Waals surface area (Å²) in [6.45, 7) is 7.79. The fourth-order valence-corrected chi connectivity index (χ4v) is 2.34. The summed E-state index contributed by atoms with van der Waals surface area (Å²) in [4.78, 5) is 0. The number of anilines is 1. The molecule has 2 aliphatic heterocycles. The van der Waals surface area contributed by atoms with Crippen molar-refractivity contribution in [2.24, 2.45) is 11.8 Å². The van der Waals surface area contributed by atoms with Gasteiger partial charge in [0.2, 0.25) is 0 Å². The van der Waals surface area contributed by atoms with Crippen LogP contribution in [0, 0.1) is 11.8 Å². The fraction of sp³-hybridized carbons (Fsp3) is 0.750. The Hall–Kier alpha value is -1.07. The first-order chi connectivity index (χ1) is 8.34. The van der Waals surface area contributed by atoms with Crippen LogP contribution in [0.4, 0.5) is 5.82 Å². The lowest BCUT2D eigenvalue weighted by Gasteiger charge is -2.33. The molecule has 1 aromatic rings. The Bertz CT molecular complexity index is 367. The highest BCUT2D eigenvalue weighted by Gasteiger charge is 2.24. The highest BCUT2D eigenvalue weighted by atomic mass is 15.4. The lowest BCUT2D eigenvalue weighted by Crippen LogP contribution is -2.47. The van der Waals surface area contributed by atoms with Gasteiger partial charge >= 0.3 is 0 Å². The molecule has 0 amide bonds. The van der Waals surface area contributed by atoms with Crippen LogP contribution < -0.4 is 16.0 Å². The van der Waals surface area contributed by atoms with E-state index in [1.165, 1.54) is 13.1 Å². The zero-order valence-corrected chi connectivity index (χ0v) is 10.3. The summed E-state index contributed by atoms with van der Waals surface area (Å²) in [7, 11) is 0. The van der Waals surface area contributed by atoms with Crippen molar-refractivity contribution >= 4 is 5.82 Å². The second-order valence-electron chi connectivity index (χ2n) is 5.25. The number of nitrogens with one attached hydrogen (secondary N) is 3. The number of aromatic nitrogens is 2. The third-order valence-electron chi connectivity index (χ3n) is 4.00. The van der Waals surface area contributed by atoms with Gasteiger partial charge in [0.05, 0.1) is 12.2 Å². The van der Waals surface area contributed by atoms with Gasteiger partial charge < -0.3 is 16.0 Å². The van der Waals surface area contributed by atoms with Gasteiger partial charge in [0, 0.05) is 25.7 Å². The predicted octanol–water partition coefficient (Wildman–Crippen LogP) is 0.295. The van der Waals surface area contributed by atoms with E-state index in [-0.39, 0.29) is 0 Å². The van der Waals surface area contributed by atoms with Gasteiger partial charge in [-0.1, -0.05) is 6.92 Å². The first kappa shape index (κ1) is 11.0. The minimum atomic E-state index is 0.535. The van der Waals surface area contributed by atoms with Gasteiger partial charge in [0.25, 0.3) is 0 Å². The molecule has 0 radical (unpaired) electrons. The van der Waals surface area contributed by atoms with Crippen LogP contribution >= 0.6 is 0 Å². The average Bonchev–Trinajstić information content (AvgIpc) is 2.57. The van der Waals surface area contributed by atoms with Crippen LogP contribution in [0.3, 0.4) is 0 Å². The monoisotopic (exact) mass is 235 g/mol. The summed E-state index contributed by atoms with van der Waals surface area (Å²) in [6.07, 6.45) is 1.89. The van der Waals surface area contributed by atoms with Crippen molar-refractivity contribution < 1.29 is 0 Å². The third kappa shape index (κ3) is 2.17. The van der Waals surface area contributed by atoms with Gasteiger partial charge in [0.15, 0.2) is 0 Å². The summed E-state index contributed by atoms with van der Waals surface area (Å²) in [5.41, 5.74) is 0. The van der Waals surface area contributed by atoms with Gasteiger partial charge in [-0.05, 0) is 24.9 Å². The second-order valence-corrected chi connectivity index (χ2v) is 5.25. The molecule has 2 saturated heterocycles. The van der Waals surface area contributed by atoms with Gasteiger partial charge in [-0.15, -0.1) is 0 Å². The second kappa shape index (κ2) is 4.66. The minimum Gasteiger partial charge on any atom is -0.370 e. The van der Waals surface area contributed by atoms with Crippen LogP contribution in [-0.2, 0) is 0 Å². The zero-order chi connectivity index (χ0) is 11.7. The predicted molar refractivity (Wildman–Crippen MR) is 68.1 cm³/mol. The van der Waals surface area contributed by atoms with Crippen molar-refractivity contribution in [1.82, 2.24) is 20.4 Å². The fourth-order valence-electron chi connectivity index (χ4n) is 2.34. The first-order valence-corrected chi connectivity index (χ1v) is 6.53. The molecule has 94 valence electrons. The Morgan fingerprint density at radius 2 is 2.18 bits per heavy atom. The van der Waals surface area contributed by atoms with E-state index in [0.29, 0.717) is 6.04 Å². The number of hydrogen-bond donors (Lipinski definition) is 3. The van der Waals surface area contributed by atoms with E-state index in [1.54, 1.807) is 0 Å². The van der Waals surface area contributed by atoms with Crippen molar-refractivity contribution in [3.8, 4) is 0 Å². The van der Waals surface area contributed by atoms with Crippen molar-refractivity contribution in [2.75, 3.05) is 38.0 Å². The van der Waals surface area contributed by atoms with Crippen LogP contribution in [0.5, 0.6) is 0 Å². The molecular weight excluding hydrogens is 214 g/mol. The van der Waals surface area contributed by atoms with E-state index in [9.17, 15) is 0 Å². The maximum Gasteiger partial charge on any atom is 0.124 e. The summed E-state index contributed by atoms with van der Waals surface area (Å²) in [5, 5.41) is 14.5. The van der Waals surface area contributed by atoms with Gasteiger partial charge in [-0.3, -0.25) is 0 Å². The molecule has 2 aliphatic rings. The maximum atomic E-state index is 4.40. The van der Waals surface area contributed by atoms with Crippen LogP contribution in [0.2, 0.25) is 0 Å². The van der Waals surface area contributed by atoms with Crippen LogP contribution in [0.1, 0.15) is 13.0 Å². The molecule has 17 heavy (non-hydrogen) atoms. The van der Waals surface area contributed by atoms with Crippen molar-refractivity contribution in [3.05, 3.63) is 12.3 Å². The highest BCUT2D eigenvalue weighted by molar-refractivity contribution is 5.35. The van der Waals surface area contributed by atoms with Crippen molar-refractivity contribution in [3.63, 3.8) is 0 Å². The quantitative estimate of drug-likeness (QED) is 0.687. The highest BCUT2D eigenvalue weighted by Crippen LogP contribution is 2.20. The summed E-state index contributed by atoms with van der Waals surface area (Å²) in [5.74, 6) is 2.72. The number of hydrogen-bond acceptors (Lipinski definition) is 4. The third-order valence-corrected chi connectivity index (χ3v) is 4.00. The zero-order valence-electron chi connectivity index (χ0n) is 10.3. The van der Waals surface area contributed by atoms with Crippen molar-refractivity contribution in [2.45, 2.75) is 13.0 Å². The van der Waals surface area contributed by atoms with E-state index in [4.69, 9.17) is 0 Å². The largest absolute Gasteiger partial charge is 0.370 e. The molecule has 1 unspecified atom stereocenters. The topological polar surface area (TPSA) is 53.9 Å². The Kier molecular flexibility index (Phi) is 3.03. The van der Waals surface area contributed by atoms with E-state index >= 15 is 0 Å². The van der Waals surface area contributed by atoms with Gasteiger partial charge in [-0.2, -0.15) is 5.10 Å². The number of rotatable bonds is 5. The average molecular weight is 235 g/mol. The Morgan fingerprint density at radius 1 is 1.41 bits per heavy atom. The molecule has 5 heteroatoms. The molecule has 3 N–H and O–H groups in total. The summed E-state index contributed by atoms with van der Waals surface area (Å²) >= 11 is 0. The Balaban J connectivity index is 1.55. The molecule has 5 nitrogen and oxygen atoms in total. The van der Waals surface area contributed by atoms with E-state index in [0.717, 1.165) is 37.3 Å².